The lowest BCUT2D eigenvalue weighted by Gasteiger charge is -2.39. The third-order valence-electron chi connectivity index (χ3n) is 4.20. The minimum Gasteiger partial charge on any atom is -0.396 e. The predicted molar refractivity (Wildman–Crippen MR) is 66.0 cm³/mol. The first kappa shape index (κ1) is 13.3. The minimum atomic E-state index is -0.0297. The van der Waals surface area contributed by atoms with E-state index in [9.17, 15) is 0 Å². The van der Waals surface area contributed by atoms with Gasteiger partial charge in [0.05, 0.1) is 12.2 Å². The summed E-state index contributed by atoms with van der Waals surface area (Å²) >= 11 is 0. The van der Waals surface area contributed by atoms with Crippen LogP contribution in [0.4, 0.5) is 0 Å². The fraction of sp³-hybridized carbons (Fsp3) is 1.00. The molecule has 2 aliphatic rings. The Kier molecular flexibility index (Phi) is 4.42. The van der Waals surface area contributed by atoms with E-state index in [0.717, 1.165) is 39.1 Å². The summed E-state index contributed by atoms with van der Waals surface area (Å²) in [6, 6.07) is 0.844. The first-order valence-corrected chi connectivity index (χ1v) is 6.74. The number of aliphatic hydroxyl groups excluding tert-OH is 1. The number of hydrogen-bond donors (Lipinski definition) is 2. The normalized spacial score (nSPS) is 37.2. The summed E-state index contributed by atoms with van der Waals surface area (Å²) in [5.41, 5.74) is -0.0297. The predicted octanol–water partition coefficient (Wildman–Crippen LogP) is 0.931. The third-order valence-corrected chi connectivity index (χ3v) is 4.20. The lowest BCUT2D eigenvalue weighted by Crippen LogP contribution is -2.51. The molecule has 2 heterocycles. The van der Waals surface area contributed by atoms with Crippen LogP contribution in [0.15, 0.2) is 0 Å². The van der Waals surface area contributed by atoms with Crippen molar-refractivity contribution in [1.82, 2.24) is 5.32 Å². The van der Waals surface area contributed by atoms with Gasteiger partial charge in [-0.1, -0.05) is 6.92 Å². The molecule has 0 radical (unpaired) electrons. The van der Waals surface area contributed by atoms with Gasteiger partial charge in [0.25, 0.3) is 0 Å². The van der Waals surface area contributed by atoms with Crippen molar-refractivity contribution in [1.29, 1.82) is 0 Å². The fourth-order valence-corrected chi connectivity index (χ4v) is 2.73. The maximum Gasteiger partial charge on any atom is 0.0951 e. The molecule has 4 unspecified atom stereocenters. The Hall–Kier alpha value is -0.160. The monoisotopic (exact) mass is 243 g/mol. The molecule has 0 aromatic carbocycles. The minimum absolute atomic E-state index is 0.0297. The van der Waals surface area contributed by atoms with Crippen LogP contribution in [-0.2, 0) is 9.47 Å². The maximum absolute atomic E-state index is 9.15. The fourth-order valence-electron chi connectivity index (χ4n) is 2.73. The molecule has 2 aliphatic heterocycles. The number of ether oxygens (including phenoxy) is 2. The summed E-state index contributed by atoms with van der Waals surface area (Å²) in [7, 11) is 0. The van der Waals surface area contributed by atoms with E-state index >= 15 is 0 Å². The van der Waals surface area contributed by atoms with Gasteiger partial charge in [0.15, 0.2) is 0 Å². The molecule has 0 bridgehead atoms. The highest BCUT2D eigenvalue weighted by atomic mass is 16.6. The quantitative estimate of drug-likeness (QED) is 0.771. The number of nitrogens with one attached hydrogen (secondary N) is 1. The molecule has 4 heteroatoms. The van der Waals surface area contributed by atoms with Crippen LogP contribution in [0, 0.1) is 5.92 Å². The van der Waals surface area contributed by atoms with Gasteiger partial charge in [-0.3, -0.25) is 0 Å². The zero-order valence-electron chi connectivity index (χ0n) is 10.9. The van der Waals surface area contributed by atoms with Crippen molar-refractivity contribution in [2.24, 2.45) is 5.92 Å². The summed E-state index contributed by atoms with van der Waals surface area (Å²) in [6.07, 6.45) is 3.12. The smallest absolute Gasteiger partial charge is 0.0951 e. The third kappa shape index (κ3) is 3.19. The van der Waals surface area contributed by atoms with Crippen molar-refractivity contribution >= 4 is 0 Å². The van der Waals surface area contributed by atoms with Crippen LogP contribution in [0.25, 0.3) is 0 Å². The first-order chi connectivity index (χ1) is 8.15. The van der Waals surface area contributed by atoms with Gasteiger partial charge in [0.2, 0.25) is 0 Å². The highest BCUT2D eigenvalue weighted by Crippen LogP contribution is 2.33. The van der Waals surface area contributed by atoms with Gasteiger partial charge >= 0.3 is 0 Å². The molecule has 100 valence electrons. The average molecular weight is 243 g/mol. The van der Waals surface area contributed by atoms with Crippen LogP contribution in [0.1, 0.15) is 33.1 Å². The van der Waals surface area contributed by atoms with E-state index in [1.54, 1.807) is 0 Å². The van der Waals surface area contributed by atoms with Crippen LogP contribution in [0.5, 0.6) is 0 Å². The summed E-state index contributed by atoms with van der Waals surface area (Å²) in [6.45, 7) is 6.86. The van der Waals surface area contributed by atoms with Crippen LogP contribution in [-0.4, -0.2) is 49.2 Å². The van der Waals surface area contributed by atoms with Crippen molar-refractivity contribution < 1.29 is 14.6 Å². The molecule has 0 aromatic heterocycles. The van der Waals surface area contributed by atoms with Gasteiger partial charge < -0.3 is 19.9 Å². The second kappa shape index (κ2) is 5.65. The highest BCUT2D eigenvalue weighted by molar-refractivity contribution is 4.93. The van der Waals surface area contributed by atoms with Gasteiger partial charge in [-0.2, -0.15) is 0 Å². The van der Waals surface area contributed by atoms with Gasteiger partial charge in [-0.05, 0) is 25.7 Å². The van der Waals surface area contributed by atoms with Gasteiger partial charge in [-0.25, -0.2) is 0 Å². The zero-order valence-corrected chi connectivity index (χ0v) is 10.9. The molecule has 1 spiro atoms. The van der Waals surface area contributed by atoms with Crippen molar-refractivity contribution in [2.75, 3.05) is 26.4 Å². The summed E-state index contributed by atoms with van der Waals surface area (Å²) < 4.78 is 11.4. The van der Waals surface area contributed by atoms with Crippen LogP contribution in [0.3, 0.4) is 0 Å². The molecule has 0 aliphatic carbocycles. The lowest BCUT2D eigenvalue weighted by atomic mass is 9.89. The van der Waals surface area contributed by atoms with Crippen molar-refractivity contribution in [3.8, 4) is 0 Å². The second-order valence-corrected chi connectivity index (χ2v) is 5.64. The van der Waals surface area contributed by atoms with Crippen LogP contribution >= 0.6 is 0 Å². The molecule has 4 nitrogen and oxygen atoms in total. The highest BCUT2D eigenvalue weighted by Gasteiger charge is 2.41. The van der Waals surface area contributed by atoms with E-state index in [2.05, 4.69) is 19.2 Å². The Bertz CT molecular complexity index is 241. The Morgan fingerprint density at radius 2 is 2.24 bits per heavy atom. The van der Waals surface area contributed by atoms with Crippen molar-refractivity contribution in [2.45, 2.75) is 50.8 Å². The molecule has 4 atom stereocenters. The number of hydrogen-bond acceptors (Lipinski definition) is 4. The van der Waals surface area contributed by atoms with E-state index in [0.29, 0.717) is 18.0 Å². The van der Waals surface area contributed by atoms with Crippen molar-refractivity contribution in [3.05, 3.63) is 0 Å². The van der Waals surface area contributed by atoms with Crippen LogP contribution < -0.4 is 5.32 Å². The van der Waals surface area contributed by atoms with E-state index in [-0.39, 0.29) is 12.2 Å². The molecule has 0 saturated carbocycles. The summed E-state index contributed by atoms with van der Waals surface area (Å²) in [4.78, 5) is 0. The molecule has 2 rings (SSSR count). The Balaban J connectivity index is 1.85. The topological polar surface area (TPSA) is 50.7 Å². The summed E-state index contributed by atoms with van der Waals surface area (Å²) in [5, 5.41) is 12.8. The molecule has 2 saturated heterocycles. The Labute approximate surface area is 104 Å². The first-order valence-electron chi connectivity index (χ1n) is 6.74. The van der Waals surface area contributed by atoms with E-state index < -0.39 is 0 Å². The number of rotatable bonds is 4. The SMILES string of the molecule is CC(CO)C(C)NC1CCOC2(CCOC2)C1. The van der Waals surface area contributed by atoms with E-state index in [4.69, 9.17) is 14.6 Å². The largest absolute Gasteiger partial charge is 0.396 e. The zero-order chi connectivity index (χ0) is 12.3. The lowest BCUT2D eigenvalue weighted by molar-refractivity contribution is -0.0908. The second-order valence-electron chi connectivity index (χ2n) is 5.64. The summed E-state index contributed by atoms with van der Waals surface area (Å²) in [5.74, 6) is 0.300. The van der Waals surface area contributed by atoms with Gasteiger partial charge in [0.1, 0.15) is 0 Å². The molecular formula is C13H25NO3. The number of aliphatic hydroxyl groups is 1. The average Bonchev–Trinajstić information content (AvgIpc) is 2.76. The Morgan fingerprint density at radius 1 is 1.41 bits per heavy atom. The molecular weight excluding hydrogens is 218 g/mol. The maximum atomic E-state index is 9.15. The van der Waals surface area contributed by atoms with Crippen molar-refractivity contribution in [3.63, 3.8) is 0 Å². The molecule has 17 heavy (non-hydrogen) atoms. The molecule has 2 fully saturated rings. The molecule has 2 N–H and O–H groups in total. The Morgan fingerprint density at radius 3 is 2.88 bits per heavy atom. The molecule has 0 amide bonds. The van der Waals surface area contributed by atoms with Gasteiger partial charge in [-0.15, -0.1) is 0 Å². The standard InChI is InChI=1S/C13H25NO3/c1-10(8-15)11(2)14-12-3-5-17-13(7-12)4-6-16-9-13/h10-12,14-15H,3-9H2,1-2H3. The van der Waals surface area contributed by atoms with E-state index in [1.165, 1.54) is 0 Å². The van der Waals surface area contributed by atoms with Crippen LogP contribution in [0.2, 0.25) is 0 Å². The van der Waals surface area contributed by atoms with Gasteiger partial charge in [0, 0.05) is 38.3 Å². The molecule has 0 aromatic rings. The van der Waals surface area contributed by atoms with E-state index in [1.807, 2.05) is 0 Å².